The standard InChI is InChI=1S/C11H18F2N2O/c12-10(13)8-2-5-15(6-3-8)11(16)9-1-4-14-7-9/h8-10,14H,1-7H2. The molecule has 2 aliphatic heterocycles. The molecular formula is C11H18F2N2O. The summed E-state index contributed by atoms with van der Waals surface area (Å²) >= 11 is 0. The summed E-state index contributed by atoms with van der Waals surface area (Å²) in [6, 6.07) is 0. The Labute approximate surface area is 94.2 Å². The number of carbonyl (C=O) groups is 1. The maximum absolute atomic E-state index is 12.4. The summed E-state index contributed by atoms with van der Waals surface area (Å²) in [4.78, 5) is 13.7. The molecule has 2 aliphatic rings. The van der Waals surface area contributed by atoms with Crippen LogP contribution in [-0.4, -0.2) is 43.4 Å². The first kappa shape index (κ1) is 11.8. The van der Waals surface area contributed by atoms with Crippen molar-refractivity contribution in [3.05, 3.63) is 0 Å². The number of alkyl halides is 2. The molecule has 1 unspecified atom stereocenters. The van der Waals surface area contributed by atoms with Gasteiger partial charge >= 0.3 is 0 Å². The molecular weight excluding hydrogens is 214 g/mol. The van der Waals surface area contributed by atoms with Gasteiger partial charge in [0.25, 0.3) is 0 Å². The molecule has 0 bridgehead atoms. The van der Waals surface area contributed by atoms with Gasteiger partial charge < -0.3 is 10.2 Å². The second kappa shape index (κ2) is 5.08. The van der Waals surface area contributed by atoms with Crippen molar-refractivity contribution in [3.63, 3.8) is 0 Å². The number of hydrogen-bond donors (Lipinski definition) is 1. The third-order valence-electron chi connectivity index (χ3n) is 3.62. The molecule has 0 radical (unpaired) electrons. The van der Waals surface area contributed by atoms with Gasteiger partial charge in [-0.15, -0.1) is 0 Å². The Bertz CT molecular complexity index is 246. The third kappa shape index (κ3) is 2.51. The molecule has 0 aromatic heterocycles. The van der Waals surface area contributed by atoms with Crippen molar-refractivity contribution in [1.82, 2.24) is 10.2 Å². The van der Waals surface area contributed by atoms with E-state index in [1.807, 2.05) is 0 Å². The van der Waals surface area contributed by atoms with Crippen LogP contribution in [0.5, 0.6) is 0 Å². The van der Waals surface area contributed by atoms with Gasteiger partial charge in [-0.05, 0) is 25.8 Å². The van der Waals surface area contributed by atoms with Crippen LogP contribution in [0.25, 0.3) is 0 Å². The number of hydrogen-bond acceptors (Lipinski definition) is 2. The smallest absolute Gasteiger partial charge is 0.241 e. The molecule has 1 N–H and O–H groups in total. The number of nitrogens with one attached hydrogen (secondary N) is 1. The number of halogens is 2. The molecule has 1 amide bonds. The van der Waals surface area contributed by atoms with Gasteiger partial charge in [0, 0.05) is 25.6 Å². The minimum atomic E-state index is -2.23. The van der Waals surface area contributed by atoms with Gasteiger partial charge in [-0.1, -0.05) is 0 Å². The van der Waals surface area contributed by atoms with E-state index in [2.05, 4.69) is 5.32 Å². The predicted octanol–water partition coefficient (Wildman–Crippen LogP) is 1.10. The van der Waals surface area contributed by atoms with Crippen molar-refractivity contribution in [2.24, 2.45) is 11.8 Å². The van der Waals surface area contributed by atoms with E-state index in [0.29, 0.717) is 25.9 Å². The Morgan fingerprint density at radius 2 is 1.94 bits per heavy atom. The van der Waals surface area contributed by atoms with Crippen LogP contribution < -0.4 is 5.32 Å². The summed E-state index contributed by atoms with van der Waals surface area (Å²) in [5.74, 6) is -0.286. The van der Waals surface area contributed by atoms with Crippen molar-refractivity contribution in [3.8, 4) is 0 Å². The number of carbonyl (C=O) groups excluding carboxylic acids is 1. The fourth-order valence-electron chi connectivity index (χ4n) is 2.50. The van der Waals surface area contributed by atoms with Crippen molar-refractivity contribution in [1.29, 1.82) is 0 Å². The SMILES string of the molecule is O=C(C1CCNC1)N1CCC(C(F)F)CC1. The van der Waals surface area contributed by atoms with E-state index in [0.717, 1.165) is 19.5 Å². The highest BCUT2D eigenvalue weighted by atomic mass is 19.3. The fraction of sp³-hybridized carbons (Fsp3) is 0.909. The van der Waals surface area contributed by atoms with E-state index in [1.54, 1.807) is 4.90 Å². The van der Waals surface area contributed by atoms with Crippen molar-refractivity contribution in [2.45, 2.75) is 25.7 Å². The van der Waals surface area contributed by atoms with Crippen LogP contribution in [0.4, 0.5) is 8.78 Å². The molecule has 3 nitrogen and oxygen atoms in total. The van der Waals surface area contributed by atoms with E-state index >= 15 is 0 Å². The minimum absolute atomic E-state index is 0.0723. The zero-order valence-electron chi connectivity index (χ0n) is 9.29. The summed E-state index contributed by atoms with van der Waals surface area (Å²) < 4.78 is 24.9. The summed E-state index contributed by atoms with van der Waals surface area (Å²) in [6.45, 7) is 2.65. The molecule has 0 aliphatic carbocycles. The van der Waals surface area contributed by atoms with Gasteiger partial charge in [0.05, 0.1) is 5.92 Å². The van der Waals surface area contributed by atoms with Gasteiger partial charge in [-0.25, -0.2) is 8.78 Å². The first-order chi connectivity index (χ1) is 7.68. The Hall–Kier alpha value is -0.710. The van der Waals surface area contributed by atoms with Crippen LogP contribution in [0, 0.1) is 11.8 Å². The van der Waals surface area contributed by atoms with Gasteiger partial charge in [-0.2, -0.15) is 0 Å². The fourth-order valence-corrected chi connectivity index (χ4v) is 2.50. The lowest BCUT2D eigenvalue weighted by atomic mass is 9.96. The lowest BCUT2D eigenvalue weighted by Crippen LogP contribution is -2.43. The number of rotatable bonds is 2. The van der Waals surface area contributed by atoms with Crippen molar-refractivity contribution >= 4 is 5.91 Å². The molecule has 2 fully saturated rings. The number of piperidine rings is 1. The number of amides is 1. The molecule has 92 valence electrons. The molecule has 2 heterocycles. The highest BCUT2D eigenvalue weighted by Gasteiger charge is 2.32. The molecule has 2 rings (SSSR count). The van der Waals surface area contributed by atoms with Gasteiger partial charge in [0.2, 0.25) is 12.3 Å². The average Bonchev–Trinajstić information content (AvgIpc) is 2.81. The summed E-state index contributed by atoms with van der Waals surface area (Å²) in [6.07, 6.45) is -0.453. The number of likely N-dealkylation sites (tertiary alicyclic amines) is 1. The van der Waals surface area contributed by atoms with Crippen LogP contribution in [0.3, 0.4) is 0 Å². The lowest BCUT2D eigenvalue weighted by molar-refractivity contribution is -0.137. The Kier molecular flexibility index (Phi) is 3.74. The van der Waals surface area contributed by atoms with Crippen LogP contribution in [0.15, 0.2) is 0 Å². The van der Waals surface area contributed by atoms with Crippen molar-refractivity contribution in [2.75, 3.05) is 26.2 Å². The molecule has 0 aromatic rings. The quantitative estimate of drug-likeness (QED) is 0.773. The maximum atomic E-state index is 12.4. The molecule has 16 heavy (non-hydrogen) atoms. The van der Waals surface area contributed by atoms with Gasteiger partial charge in [0.1, 0.15) is 0 Å². The van der Waals surface area contributed by atoms with E-state index in [9.17, 15) is 13.6 Å². The first-order valence-corrected chi connectivity index (χ1v) is 5.96. The summed E-state index contributed by atoms with van der Waals surface area (Å²) in [5, 5.41) is 3.15. The number of nitrogens with zero attached hydrogens (tertiary/aromatic N) is 1. The molecule has 1 atom stereocenters. The molecule has 0 aromatic carbocycles. The van der Waals surface area contributed by atoms with E-state index in [4.69, 9.17) is 0 Å². The van der Waals surface area contributed by atoms with Gasteiger partial charge in [-0.3, -0.25) is 4.79 Å². The van der Waals surface area contributed by atoms with E-state index in [-0.39, 0.29) is 11.8 Å². The predicted molar refractivity (Wildman–Crippen MR) is 56.3 cm³/mol. The lowest BCUT2D eigenvalue weighted by Gasteiger charge is -2.33. The normalized spacial score (nSPS) is 27.7. The largest absolute Gasteiger partial charge is 0.342 e. The third-order valence-corrected chi connectivity index (χ3v) is 3.62. The van der Waals surface area contributed by atoms with Gasteiger partial charge in [0.15, 0.2) is 0 Å². The Balaban J connectivity index is 1.81. The molecule has 2 saturated heterocycles. The molecule has 5 heteroatoms. The summed E-state index contributed by atoms with van der Waals surface area (Å²) in [7, 11) is 0. The highest BCUT2D eigenvalue weighted by Crippen LogP contribution is 2.25. The average molecular weight is 232 g/mol. The molecule has 0 saturated carbocycles. The Morgan fingerprint density at radius 3 is 2.44 bits per heavy atom. The minimum Gasteiger partial charge on any atom is -0.342 e. The second-order valence-corrected chi connectivity index (χ2v) is 4.69. The van der Waals surface area contributed by atoms with Crippen molar-refractivity contribution < 1.29 is 13.6 Å². The second-order valence-electron chi connectivity index (χ2n) is 4.69. The van der Waals surface area contributed by atoms with Crippen LogP contribution >= 0.6 is 0 Å². The Morgan fingerprint density at radius 1 is 1.25 bits per heavy atom. The summed E-state index contributed by atoms with van der Waals surface area (Å²) in [5.41, 5.74) is 0. The van der Waals surface area contributed by atoms with E-state index < -0.39 is 12.3 Å². The maximum Gasteiger partial charge on any atom is 0.241 e. The first-order valence-electron chi connectivity index (χ1n) is 5.96. The monoisotopic (exact) mass is 232 g/mol. The highest BCUT2D eigenvalue weighted by molar-refractivity contribution is 5.79. The van der Waals surface area contributed by atoms with Crippen LogP contribution in [-0.2, 0) is 4.79 Å². The topological polar surface area (TPSA) is 32.3 Å². The van der Waals surface area contributed by atoms with Crippen LogP contribution in [0.2, 0.25) is 0 Å². The molecule has 0 spiro atoms. The van der Waals surface area contributed by atoms with E-state index in [1.165, 1.54) is 0 Å². The van der Waals surface area contributed by atoms with Crippen LogP contribution in [0.1, 0.15) is 19.3 Å². The zero-order valence-corrected chi connectivity index (χ0v) is 9.29. The zero-order chi connectivity index (χ0) is 11.5.